The van der Waals surface area contributed by atoms with Gasteiger partial charge in [0.05, 0.1) is 17.2 Å². The molecule has 6 heteroatoms. The molecule has 2 atom stereocenters. The highest BCUT2D eigenvalue weighted by Crippen LogP contribution is 2.17. The first-order chi connectivity index (χ1) is 7.50. The molecule has 0 aliphatic carbocycles. The molecule has 0 bridgehead atoms. The summed E-state index contributed by atoms with van der Waals surface area (Å²) in [6.45, 7) is 1.65. The fourth-order valence-corrected chi connectivity index (χ4v) is 2.59. The highest BCUT2D eigenvalue weighted by Gasteiger charge is 2.16. The molecule has 1 N–H and O–H groups in total. The van der Waals surface area contributed by atoms with E-state index in [1.165, 1.54) is 6.20 Å². The zero-order valence-corrected chi connectivity index (χ0v) is 10.3. The summed E-state index contributed by atoms with van der Waals surface area (Å²) in [5.41, 5.74) is 0.729. The minimum absolute atomic E-state index is 0.102. The Balaban J connectivity index is 2.64. The molecule has 0 saturated carbocycles. The molecule has 1 rings (SSSR count). The van der Waals surface area contributed by atoms with Crippen LogP contribution < -0.4 is 0 Å². The Kier molecular flexibility index (Phi) is 4.89. The number of aliphatic carboxylic acids is 1. The molecule has 0 spiro atoms. The molecule has 0 amide bonds. The molecule has 0 saturated heterocycles. The van der Waals surface area contributed by atoms with Gasteiger partial charge in [0.1, 0.15) is 0 Å². The predicted octanol–water partition coefficient (Wildman–Crippen LogP) is 1.85. The molecule has 88 valence electrons. The molecule has 0 fully saturated rings. The second-order valence-corrected chi connectivity index (χ2v) is 5.66. The number of hydrogen-bond acceptors (Lipinski definition) is 3. The van der Waals surface area contributed by atoms with Gasteiger partial charge in [0, 0.05) is 28.4 Å². The van der Waals surface area contributed by atoms with Crippen LogP contribution in [-0.4, -0.2) is 25.5 Å². The fraction of sp³-hybridized carbons (Fsp3) is 0.400. The van der Waals surface area contributed by atoms with Crippen LogP contribution in [0.3, 0.4) is 0 Å². The lowest BCUT2D eigenvalue weighted by Crippen LogP contribution is -2.17. The first kappa shape index (κ1) is 13.1. The average molecular weight is 262 g/mol. The van der Waals surface area contributed by atoms with Gasteiger partial charge in [0.15, 0.2) is 0 Å². The molecule has 1 aromatic heterocycles. The summed E-state index contributed by atoms with van der Waals surface area (Å²) in [6.07, 6.45) is 2.95. The Morgan fingerprint density at radius 2 is 2.38 bits per heavy atom. The molecule has 1 aromatic rings. The second-order valence-electron chi connectivity index (χ2n) is 3.40. The third-order valence-electron chi connectivity index (χ3n) is 2.07. The number of hydrogen-bond donors (Lipinski definition) is 1. The molecular formula is C10H12ClNO3S. The van der Waals surface area contributed by atoms with Gasteiger partial charge in [-0.15, -0.1) is 0 Å². The summed E-state index contributed by atoms with van der Waals surface area (Å²) >= 11 is 5.87. The first-order valence-corrected chi connectivity index (χ1v) is 6.44. The molecule has 0 radical (unpaired) electrons. The maximum absolute atomic E-state index is 11.8. The maximum Gasteiger partial charge on any atom is 0.304 e. The number of carboxylic acid groups (broad SMARTS) is 1. The van der Waals surface area contributed by atoms with Crippen LogP contribution in [0.15, 0.2) is 18.5 Å². The molecule has 4 nitrogen and oxygen atoms in total. The van der Waals surface area contributed by atoms with Crippen molar-refractivity contribution < 1.29 is 14.1 Å². The topological polar surface area (TPSA) is 67.3 Å². The van der Waals surface area contributed by atoms with E-state index in [0.717, 1.165) is 5.56 Å². The van der Waals surface area contributed by atoms with Crippen LogP contribution >= 0.6 is 11.6 Å². The van der Waals surface area contributed by atoms with Gasteiger partial charge in [-0.1, -0.05) is 18.5 Å². The van der Waals surface area contributed by atoms with Crippen LogP contribution in [0.1, 0.15) is 18.9 Å². The van der Waals surface area contributed by atoms with Crippen molar-refractivity contribution in [2.45, 2.75) is 24.3 Å². The minimum Gasteiger partial charge on any atom is -0.481 e. The average Bonchev–Trinajstić information content (AvgIpc) is 2.20. The monoisotopic (exact) mass is 261 g/mol. The summed E-state index contributed by atoms with van der Waals surface area (Å²) in [5, 5.41) is 8.65. The number of pyridine rings is 1. The van der Waals surface area contributed by atoms with E-state index < -0.39 is 16.8 Å². The van der Waals surface area contributed by atoms with Gasteiger partial charge < -0.3 is 5.11 Å². The van der Waals surface area contributed by atoms with E-state index in [-0.39, 0.29) is 17.4 Å². The third kappa shape index (κ3) is 3.90. The van der Waals surface area contributed by atoms with Crippen molar-refractivity contribution in [3.05, 3.63) is 29.0 Å². The molecule has 1 heterocycles. The summed E-state index contributed by atoms with van der Waals surface area (Å²) in [4.78, 5) is 14.3. The zero-order chi connectivity index (χ0) is 12.1. The van der Waals surface area contributed by atoms with Gasteiger partial charge in [0.25, 0.3) is 0 Å². The van der Waals surface area contributed by atoms with Crippen LogP contribution in [0.5, 0.6) is 0 Å². The van der Waals surface area contributed by atoms with Gasteiger partial charge in [-0.3, -0.25) is 14.0 Å². The van der Waals surface area contributed by atoms with Gasteiger partial charge >= 0.3 is 5.97 Å². The zero-order valence-electron chi connectivity index (χ0n) is 8.72. The van der Waals surface area contributed by atoms with E-state index >= 15 is 0 Å². The highest BCUT2D eigenvalue weighted by molar-refractivity contribution is 7.84. The molecule has 0 aromatic carbocycles. The standard InChI is InChI=1S/C10H12ClNO3S/c1-7(4-10(13)14)16(15)6-8-2-3-12-5-9(8)11/h2-3,5,7H,4,6H2,1H3,(H,13,14). The van der Waals surface area contributed by atoms with Crippen molar-refractivity contribution in [2.75, 3.05) is 0 Å². The summed E-state index contributed by atoms with van der Waals surface area (Å²) in [7, 11) is -1.24. The number of carbonyl (C=O) groups is 1. The van der Waals surface area contributed by atoms with E-state index in [2.05, 4.69) is 4.98 Å². The van der Waals surface area contributed by atoms with Gasteiger partial charge in [-0.2, -0.15) is 0 Å². The lowest BCUT2D eigenvalue weighted by Gasteiger charge is -2.09. The largest absolute Gasteiger partial charge is 0.481 e. The van der Waals surface area contributed by atoms with Crippen molar-refractivity contribution in [1.82, 2.24) is 4.98 Å². The van der Waals surface area contributed by atoms with Crippen LogP contribution in [0.4, 0.5) is 0 Å². The highest BCUT2D eigenvalue weighted by atomic mass is 35.5. The third-order valence-corrected chi connectivity index (χ3v) is 4.07. The van der Waals surface area contributed by atoms with E-state index in [9.17, 15) is 9.00 Å². The Labute approximate surface area is 101 Å². The molecule has 0 aliphatic heterocycles. The molecule has 0 aliphatic rings. The van der Waals surface area contributed by atoms with E-state index in [1.807, 2.05) is 0 Å². The fourth-order valence-electron chi connectivity index (χ4n) is 1.16. The normalized spacial score (nSPS) is 14.4. The Morgan fingerprint density at radius 3 is 2.94 bits per heavy atom. The second kappa shape index (κ2) is 5.96. The number of nitrogens with zero attached hydrogens (tertiary/aromatic N) is 1. The SMILES string of the molecule is CC(CC(=O)O)S(=O)Cc1ccncc1Cl. The molecule has 16 heavy (non-hydrogen) atoms. The Hall–Kier alpha value is -0.940. The molecular weight excluding hydrogens is 250 g/mol. The maximum atomic E-state index is 11.8. The van der Waals surface area contributed by atoms with Crippen LogP contribution in [-0.2, 0) is 21.3 Å². The van der Waals surface area contributed by atoms with Crippen molar-refractivity contribution >= 4 is 28.4 Å². The van der Waals surface area contributed by atoms with Crippen molar-refractivity contribution in [2.24, 2.45) is 0 Å². The summed E-state index contributed by atoms with van der Waals surface area (Å²) < 4.78 is 11.8. The number of halogens is 1. The predicted molar refractivity (Wildman–Crippen MR) is 62.8 cm³/mol. The van der Waals surface area contributed by atoms with Gasteiger partial charge in [-0.05, 0) is 11.6 Å². The van der Waals surface area contributed by atoms with Gasteiger partial charge in [-0.25, -0.2) is 0 Å². The lowest BCUT2D eigenvalue weighted by atomic mass is 10.3. The quantitative estimate of drug-likeness (QED) is 0.878. The van der Waals surface area contributed by atoms with Crippen LogP contribution in [0, 0.1) is 0 Å². The number of aromatic nitrogens is 1. The lowest BCUT2D eigenvalue weighted by molar-refractivity contribution is -0.136. The minimum atomic E-state index is -1.24. The van der Waals surface area contributed by atoms with Crippen molar-refractivity contribution in [3.8, 4) is 0 Å². The van der Waals surface area contributed by atoms with E-state index in [4.69, 9.17) is 16.7 Å². The van der Waals surface area contributed by atoms with Gasteiger partial charge in [0.2, 0.25) is 0 Å². The van der Waals surface area contributed by atoms with Crippen LogP contribution in [0.2, 0.25) is 5.02 Å². The van der Waals surface area contributed by atoms with E-state index in [1.54, 1.807) is 19.2 Å². The summed E-state index contributed by atoms with van der Waals surface area (Å²) in [6, 6.07) is 1.69. The Bertz CT molecular complexity index is 411. The smallest absolute Gasteiger partial charge is 0.304 e. The van der Waals surface area contributed by atoms with Crippen molar-refractivity contribution in [1.29, 1.82) is 0 Å². The number of rotatable bonds is 5. The van der Waals surface area contributed by atoms with E-state index in [0.29, 0.717) is 5.02 Å². The molecule has 2 unspecified atom stereocenters. The first-order valence-electron chi connectivity index (χ1n) is 4.68. The van der Waals surface area contributed by atoms with Crippen LogP contribution in [0.25, 0.3) is 0 Å². The Morgan fingerprint density at radius 1 is 1.69 bits per heavy atom. The van der Waals surface area contributed by atoms with Crippen molar-refractivity contribution in [3.63, 3.8) is 0 Å². The number of carboxylic acids is 1. The summed E-state index contributed by atoms with van der Waals surface area (Å²) in [5.74, 6) is -0.683.